The first-order valence-corrected chi connectivity index (χ1v) is 14.7. The smallest absolute Gasteiger partial charge is 0.481 e. The Morgan fingerprint density at radius 1 is 0.860 bits per heavy atom. The van der Waals surface area contributed by atoms with Crippen LogP contribution in [-0.4, -0.2) is 93.7 Å². The summed E-state index contributed by atoms with van der Waals surface area (Å²) in [7, 11) is -3.60. The van der Waals surface area contributed by atoms with Crippen molar-refractivity contribution in [2.75, 3.05) is 6.54 Å². The number of halogens is 6. The Morgan fingerprint density at radius 2 is 1.38 bits per heavy atom. The van der Waals surface area contributed by atoms with Gasteiger partial charge in [-0.25, -0.2) is 4.79 Å². The fourth-order valence-corrected chi connectivity index (χ4v) is 6.06. The number of carboxylic acids is 2. The van der Waals surface area contributed by atoms with Gasteiger partial charge in [-0.3, -0.25) is 19.2 Å². The maximum atomic E-state index is 14.0. The molecule has 2 aromatic rings. The lowest BCUT2D eigenvalue weighted by molar-refractivity contribution is -0.143. The molecule has 0 spiro atoms. The van der Waals surface area contributed by atoms with Crippen LogP contribution < -0.4 is 21.6 Å². The number of likely N-dealkylation sites (tertiary alicyclic amines) is 1. The monoisotopic (exact) mass is 715 g/mol. The van der Waals surface area contributed by atoms with Crippen molar-refractivity contribution in [1.29, 1.82) is 0 Å². The number of rotatable bonds is 9. The number of carbonyl (C=O) groups excluding carboxylic acids is 3. The first-order valence-electron chi connectivity index (χ1n) is 14.7. The molecule has 22 heteroatoms. The molecule has 1 saturated heterocycles. The highest BCUT2D eigenvalue weighted by atomic mass is 19.4. The van der Waals surface area contributed by atoms with E-state index < -0.39 is 147 Å². The van der Waals surface area contributed by atoms with E-state index in [-0.39, 0.29) is 10.9 Å². The molecular weight excluding hydrogens is 690 g/mol. The molecule has 1 fully saturated rings. The summed E-state index contributed by atoms with van der Waals surface area (Å²) in [6.07, 6.45) is -11.8. The van der Waals surface area contributed by atoms with Gasteiger partial charge in [0.1, 0.15) is 12.1 Å². The maximum absolute atomic E-state index is 14.0. The summed E-state index contributed by atoms with van der Waals surface area (Å²) >= 11 is 0. The SMILES string of the molecule is O=C(O)CC[C@H](NC(=O)[C@@H]1CC(NC(=O)c2cc3c(c(C(F)(F)F)c2)COB3O)CN1C(=O)c1cc2c(c(C(F)(F)F)c1)COB2O)C(=O)O. The standard InChI is InChI=1S/C28H25B2F6N3O11/c31-27(32,33)16-3-11(5-18-14(16)9-49-29(18)47)23(42)37-13-7-21(24(43)38-20(26(45)46)1-2-22(40)41)39(8-13)25(44)12-4-17(28(34,35)36)15-10-50-30(48)19(15)6-12/h3-6,13,20-21,47-48H,1-2,7-10H2,(H,37,42)(H,38,43)(H,40,41)(H,45,46)/t13?,20-,21-/m0/s1. The molecule has 0 aliphatic carbocycles. The number of alkyl halides is 6. The van der Waals surface area contributed by atoms with Crippen LogP contribution in [0.4, 0.5) is 26.3 Å². The van der Waals surface area contributed by atoms with Gasteiger partial charge in [-0.15, -0.1) is 0 Å². The Bertz CT molecular complexity index is 1760. The molecule has 14 nitrogen and oxygen atoms in total. The van der Waals surface area contributed by atoms with Crippen molar-refractivity contribution in [3.8, 4) is 0 Å². The number of hydrogen-bond donors (Lipinski definition) is 6. The van der Waals surface area contributed by atoms with Crippen LogP contribution in [0.15, 0.2) is 24.3 Å². The van der Waals surface area contributed by atoms with E-state index in [2.05, 4.69) is 10.6 Å². The van der Waals surface area contributed by atoms with Crippen LogP contribution >= 0.6 is 0 Å². The van der Waals surface area contributed by atoms with Crippen LogP contribution in [0.25, 0.3) is 0 Å². The third-order valence-corrected chi connectivity index (χ3v) is 8.45. The van der Waals surface area contributed by atoms with E-state index in [9.17, 15) is 65.5 Å². The summed E-state index contributed by atoms with van der Waals surface area (Å²) in [5.41, 5.74) is -5.37. The first kappa shape index (κ1) is 36.6. The van der Waals surface area contributed by atoms with E-state index >= 15 is 0 Å². The summed E-state index contributed by atoms with van der Waals surface area (Å²) in [6, 6.07) is -1.89. The summed E-state index contributed by atoms with van der Waals surface area (Å²) in [4.78, 5) is 63.9. The van der Waals surface area contributed by atoms with Gasteiger partial charge in [0, 0.05) is 30.1 Å². The summed E-state index contributed by atoms with van der Waals surface area (Å²) in [5.74, 6) is -6.62. The molecule has 6 N–H and O–H groups in total. The first-order chi connectivity index (χ1) is 23.3. The van der Waals surface area contributed by atoms with Gasteiger partial charge in [0.25, 0.3) is 11.8 Å². The van der Waals surface area contributed by atoms with Crippen molar-refractivity contribution in [3.63, 3.8) is 0 Å². The van der Waals surface area contributed by atoms with Gasteiger partial charge >= 0.3 is 38.5 Å². The second-order valence-electron chi connectivity index (χ2n) is 11.7. The lowest BCUT2D eigenvalue weighted by Crippen LogP contribution is -2.51. The zero-order valence-corrected chi connectivity index (χ0v) is 25.3. The summed E-state index contributed by atoms with van der Waals surface area (Å²) in [6.45, 7) is -1.83. The van der Waals surface area contributed by atoms with E-state index in [0.717, 1.165) is 12.1 Å². The maximum Gasteiger partial charge on any atom is 0.491 e. The zero-order valence-electron chi connectivity index (χ0n) is 25.3. The van der Waals surface area contributed by atoms with Crippen molar-refractivity contribution in [1.82, 2.24) is 15.5 Å². The number of fused-ring (bicyclic) bond motifs is 2. The molecule has 266 valence electrons. The Labute approximate surface area is 277 Å². The van der Waals surface area contributed by atoms with Gasteiger partial charge in [0.2, 0.25) is 5.91 Å². The molecule has 3 atom stereocenters. The lowest BCUT2D eigenvalue weighted by Gasteiger charge is -2.26. The molecule has 5 rings (SSSR count). The molecular formula is C28H25B2F6N3O11. The van der Waals surface area contributed by atoms with E-state index in [1.807, 2.05) is 0 Å². The highest BCUT2D eigenvalue weighted by molar-refractivity contribution is 6.62. The largest absolute Gasteiger partial charge is 0.491 e. The van der Waals surface area contributed by atoms with Crippen LogP contribution in [0, 0.1) is 0 Å². The molecule has 3 amide bonds. The fourth-order valence-electron chi connectivity index (χ4n) is 6.06. The van der Waals surface area contributed by atoms with Crippen LogP contribution in [-0.2, 0) is 49.3 Å². The number of carbonyl (C=O) groups is 5. The van der Waals surface area contributed by atoms with Crippen LogP contribution in [0.5, 0.6) is 0 Å². The van der Waals surface area contributed by atoms with Gasteiger partial charge < -0.3 is 45.1 Å². The minimum Gasteiger partial charge on any atom is -0.481 e. The molecule has 1 unspecified atom stereocenters. The lowest BCUT2D eigenvalue weighted by atomic mass is 9.77. The minimum absolute atomic E-state index is 0.324. The zero-order chi connectivity index (χ0) is 36.9. The van der Waals surface area contributed by atoms with E-state index in [0.29, 0.717) is 17.0 Å². The van der Waals surface area contributed by atoms with Gasteiger partial charge in [-0.2, -0.15) is 26.3 Å². The van der Waals surface area contributed by atoms with Crippen molar-refractivity contribution >= 4 is 54.8 Å². The molecule has 0 saturated carbocycles. The average Bonchev–Trinajstić information content (AvgIpc) is 3.73. The molecule has 3 aliphatic rings. The third kappa shape index (κ3) is 7.42. The van der Waals surface area contributed by atoms with Crippen LogP contribution in [0.2, 0.25) is 0 Å². The molecule has 0 bridgehead atoms. The van der Waals surface area contributed by atoms with Crippen LogP contribution in [0.3, 0.4) is 0 Å². The highest BCUT2D eigenvalue weighted by Gasteiger charge is 2.45. The number of nitrogens with one attached hydrogen (secondary N) is 2. The molecule has 50 heavy (non-hydrogen) atoms. The van der Waals surface area contributed by atoms with E-state index in [4.69, 9.17) is 14.4 Å². The topological polar surface area (TPSA) is 212 Å². The number of amides is 3. The highest BCUT2D eigenvalue weighted by Crippen LogP contribution is 2.36. The van der Waals surface area contributed by atoms with E-state index in [1.54, 1.807) is 0 Å². The second kappa shape index (κ2) is 13.6. The molecule has 3 aliphatic heterocycles. The summed E-state index contributed by atoms with van der Waals surface area (Å²) in [5, 5.41) is 43.0. The Hall–Kier alpha value is -4.66. The van der Waals surface area contributed by atoms with Gasteiger partial charge in [0.15, 0.2) is 0 Å². The second-order valence-corrected chi connectivity index (χ2v) is 11.7. The fraction of sp³-hybridized carbons (Fsp3) is 0.393. The van der Waals surface area contributed by atoms with Gasteiger partial charge in [-0.05, 0) is 59.2 Å². The molecule has 0 aromatic heterocycles. The predicted octanol–water partition coefficient (Wildman–Crippen LogP) is -0.393. The third-order valence-electron chi connectivity index (χ3n) is 8.45. The Morgan fingerprint density at radius 3 is 1.88 bits per heavy atom. The van der Waals surface area contributed by atoms with E-state index in [1.165, 1.54) is 0 Å². The van der Waals surface area contributed by atoms with Crippen molar-refractivity contribution < 1.29 is 79.9 Å². The Balaban J connectivity index is 1.47. The van der Waals surface area contributed by atoms with Gasteiger partial charge in [0.05, 0.1) is 24.3 Å². The quantitative estimate of drug-likeness (QED) is 0.145. The number of hydrogen-bond acceptors (Lipinski definition) is 9. The molecule has 2 aromatic carbocycles. The van der Waals surface area contributed by atoms with Crippen molar-refractivity contribution in [2.24, 2.45) is 0 Å². The average molecular weight is 715 g/mol. The summed E-state index contributed by atoms with van der Waals surface area (Å²) < 4.78 is 93.0. The molecule has 3 heterocycles. The van der Waals surface area contributed by atoms with Crippen molar-refractivity contribution in [2.45, 2.75) is 63.0 Å². The van der Waals surface area contributed by atoms with Gasteiger partial charge in [-0.1, -0.05) is 0 Å². The van der Waals surface area contributed by atoms with Crippen molar-refractivity contribution in [3.05, 3.63) is 57.6 Å². The number of nitrogens with zero attached hydrogens (tertiary/aromatic N) is 1. The number of aliphatic carboxylic acids is 2. The number of carboxylic acid groups (broad SMARTS) is 2. The predicted molar refractivity (Wildman–Crippen MR) is 155 cm³/mol. The number of benzene rings is 2. The molecule has 0 radical (unpaired) electrons. The van der Waals surface area contributed by atoms with Crippen LogP contribution in [0.1, 0.15) is 62.2 Å². The minimum atomic E-state index is -5.02. The Kier molecular flexibility index (Phi) is 9.94. The normalized spacial score (nSPS) is 19.2.